The predicted octanol–water partition coefficient (Wildman–Crippen LogP) is 1.10. The molecule has 0 radical (unpaired) electrons. The van der Waals surface area contributed by atoms with Crippen LogP contribution in [0.15, 0.2) is 47.9 Å². The van der Waals surface area contributed by atoms with E-state index in [1.807, 2.05) is 0 Å². The lowest BCUT2D eigenvalue weighted by molar-refractivity contribution is 0.0998. The molecule has 0 aliphatic heterocycles. The number of amides is 1. The van der Waals surface area contributed by atoms with Crippen LogP contribution in [0.3, 0.4) is 0 Å². The number of hydrogen-bond acceptors (Lipinski definition) is 4. The Hall–Kier alpha value is -2.89. The van der Waals surface area contributed by atoms with Crippen molar-refractivity contribution in [1.29, 1.82) is 0 Å². The van der Waals surface area contributed by atoms with Gasteiger partial charge in [-0.05, 0) is 12.1 Å². The number of nitrogens with one attached hydrogen (secondary N) is 1. The normalized spacial score (nSPS) is 10.0. The van der Waals surface area contributed by atoms with E-state index < -0.39 is 11.5 Å². The minimum Gasteiger partial charge on any atom is -0.489 e. The van der Waals surface area contributed by atoms with Crippen LogP contribution in [0.5, 0.6) is 5.75 Å². The summed E-state index contributed by atoms with van der Waals surface area (Å²) < 4.78 is 5.49. The van der Waals surface area contributed by atoms with Crippen molar-refractivity contribution in [2.45, 2.75) is 0 Å². The van der Waals surface area contributed by atoms with Gasteiger partial charge in [-0.25, -0.2) is 4.98 Å². The van der Waals surface area contributed by atoms with Gasteiger partial charge in [-0.2, -0.15) is 0 Å². The molecule has 0 unspecified atom stereocenters. The molecule has 2 rings (SSSR count). The molecular formula is C14H13N3O3. The fraction of sp³-hybridized carbons (Fsp3) is 0.0714. The zero-order valence-electron chi connectivity index (χ0n) is 10.6. The molecule has 0 aliphatic carbocycles. The summed E-state index contributed by atoms with van der Waals surface area (Å²) in [7, 11) is 0. The Morgan fingerprint density at radius 1 is 1.45 bits per heavy atom. The number of para-hydroxylation sites is 1. The van der Waals surface area contributed by atoms with E-state index in [-0.39, 0.29) is 5.56 Å². The fourth-order valence-electron chi connectivity index (χ4n) is 1.64. The first-order valence-corrected chi connectivity index (χ1v) is 5.85. The zero-order chi connectivity index (χ0) is 14.5. The Morgan fingerprint density at radius 3 is 2.85 bits per heavy atom. The number of ether oxygens (including phenoxy) is 1. The molecule has 0 bridgehead atoms. The zero-order valence-corrected chi connectivity index (χ0v) is 10.6. The summed E-state index contributed by atoms with van der Waals surface area (Å²) in [6.07, 6.45) is 2.77. The average molecular weight is 271 g/mol. The standard InChI is InChI=1S/C14H13N3O3/c1-2-7-20-11-6-4-3-5-9(11)13-16-8-10(12(15)18)14(19)17-13/h2-6,8H,1,7H2,(H2,15,18)(H,16,17,19). The summed E-state index contributed by atoms with van der Waals surface area (Å²) in [6, 6.07) is 7.09. The van der Waals surface area contributed by atoms with Crippen LogP contribution in [0, 0.1) is 0 Å². The first-order valence-electron chi connectivity index (χ1n) is 5.85. The largest absolute Gasteiger partial charge is 0.489 e. The highest BCUT2D eigenvalue weighted by Gasteiger charge is 2.11. The molecule has 3 N–H and O–H groups in total. The predicted molar refractivity (Wildman–Crippen MR) is 74.5 cm³/mol. The maximum Gasteiger partial charge on any atom is 0.264 e. The molecule has 0 saturated carbocycles. The molecule has 1 aromatic carbocycles. The van der Waals surface area contributed by atoms with E-state index in [9.17, 15) is 9.59 Å². The summed E-state index contributed by atoms with van der Waals surface area (Å²) in [5, 5.41) is 0. The number of aromatic amines is 1. The number of primary amides is 1. The summed E-state index contributed by atoms with van der Waals surface area (Å²) in [6.45, 7) is 3.91. The Morgan fingerprint density at radius 2 is 2.20 bits per heavy atom. The van der Waals surface area contributed by atoms with E-state index in [0.29, 0.717) is 23.7 Å². The molecule has 1 amide bonds. The van der Waals surface area contributed by atoms with E-state index in [1.165, 1.54) is 0 Å². The second-order valence-electron chi connectivity index (χ2n) is 3.93. The minimum atomic E-state index is -0.818. The van der Waals surface area contributed by atoms with Gasteiger partial charge in [0.25, 0.3) is 11.5 Å². The number of carbonyl (C=O) groups excluding carboxylic acids is 1. The van der Waals surface area contributed by atoms with E-state index in [4.69, 9.17) is 10.5 Å². The molecule has 102 valence electrons. The molecule has 6 nitrogen and oxygen atoms in total. The third-order valence-corrected chi connectivity index (χ3v) is 2.56. The van der Waals surface area contributed by atoms with Crippen molar-refractivity contribution in [2.24, 2.45) is 5.73 Å². The van der Waals surface area contributed by atoms with Gasteiger partial charge in [0.1, 0.15) is 23.7 Å². The highest BCUT2D eigenvalue weighted by molar-refractivity contribution is 5.92. The fourth-order valence-corrected chi connectivity index (χ4v) is 1.64. The number of carbonyl (C=O) groups is 1. The molecule has 0 aliphatic rings. The molecule has 0 atom stereocenters. The van der Waals surface area contributed by atoms with Gasteiger partial charge in [0.05, 0.1) is 5.56 Å². The number of hydrogen-bond donors (Lipinski definition) is 2. The number of rotatable bonds is 5. The van der Waals surface area contributed by atoms with Crippen LogP contribution in [0.1, 0.15) is 10.4 Å². The molecule has 1 aromatic heterocycles. The Labute approximate surface area is 114 Å². The van der Waals surface area contributed by atoms with E-state index in [2.05, 4.69) is 16.5 Å². The molecule has 20 heavy (non-hydrogen) atoms. The number of benzene rings is 1. The summed E-state index contributed by atoms with van der Waals surface area (Å²) in [4.78, 5) is 29.3. The van der Waals surface area contributed by atoms with Gasteiger partial charge in [-0.15, -0.1) is 0 Å². The highest BCUT2D eigenvalue weighted by atomic mass is 16.5. The van der Waals surface area contributed by atoms with Crippen LogP contribution in [0.25, 0.3) is 11.4 Å². The number of nitrogens with two attached hydrogens (primary N) is 1. The lowest BCUT2D eigenvalue weighted by Crippen LogP contribution is -2.24. The van der Waals surface area contributed by atoms with Crippen LogP contribution in [-0.4, -0.2) is 22.5 Å². The lowest BCUT2D eigenvalue weighted by atomic mass is 10.2. The monoisotopic (exact) mass is 271 g/mol. The Kier molecular flexibility index (Phi) is 3.95. The van der Waals surface area contributed by atoms with Gasteiger partial charge >= 0.3 is 0 Å². The van der Waals surface area contributed by atoms with Crippen molar-refractivity contribution < 1.29 is 9.53 Å². The first kappa shape index (κ1) is 13.5. The van der Waals surface area contributed by atoms with Crippen molar-refractivity contribution in [3.63, 3.8) is 0 Å². The van der Waals surface area contributed by atoms with Gasteiger partial charge in [0.2, 0.25) is 0 Å². The maximum atomic E-state index is 11.7. The Balaban J connectivity index is 2.46. The summed E-state index contributed by atoms with van der Waals surface area (Å²) in [5.41, 5.74) is 4.91. The molecule has 0 fully saturated rings. The van der Waals surface area contributed by atoms with Crippen molar-refractivity contribution in [3.05, 3.63) is 59.0 Å². The topological polar surface area (TPSA) is 98.1 Å². The number of H-pyrrole nitrogens is 1. The van der Waals surface area contributed by atoms with Gasteiger partial charge < -0.3 is 15.5 Å². The highest BCUT2D eigenvalue weighted by Crippen LogP contribution is 2.26. The Bertz CT molecular complexity index is 707. The third-order valence-electron chi connectivity index (χ3n) is 2.56. The van der Waals surface area contributed by atoms with Crippen LogP contribution < -0.4 is 16.0 Å². The molecule has 0 saturated heterocycles. The van der Waals surface area contributed by atoms with Crippen LogP contribution >= 0.6 is 0 Å². The quantitative estimate of drug-likeness (QED) is 0.795. The van der Waals surface area contributed by atoms with Crippen LogP contribution in [0.4, 0.5) is 0 Å². The minimum absolute atomic E-state index is 0.182. The lowest BCUT2D eigenvalue weighted by Gasteiger charge is -2.09. The van der Waals surface area contributed by atoms with Crippen molar-refractivity contribution in [1.82, 2.24) is 9.97 Å². The smallest absolute Gasteiger partial charge is 0.264 e. The van der Waals surface area contributed by atoms with E-state index in [1.54, 1.807) is 30.3 Å². The molecule has 1 heterocycles. The maximum absolute atomic E-state index is 11.7. The van der Waals surface area contributed by atoms with Gasteiger partial charge in [0, 0.05) is 6.20 Å². The SMILES string of the molecule is C=CCOc1ccccc1-c1ncc(C(N)=O)c(=O)[nH]1. The first-order chi connectivity index (χ1) is 9.63. The molecule has 2 aromatic rings. The van der Waals surface area contributed by atoms with Crippen LogP contribution in [0.2, 0.25) is 0 Å². The van der Waals surface area contributed by atoms with Gasteiger partial charge in [0.15, 0.2) is 0 Å². The summed E-state index contributed by atoms with van der Waals surface area (Å²) in [5.74, 6) is 0.0449. The molecule has 6 heteroatoms. The van der Waals surface area contributed by atoms with Gasteiger partial charge in [-0.1, -0.05) is 24.8 Å². The van der Waals surface area contributed by atoms with Crippen molar-refractivity contribution in [3.8, 4) is 17.1 Å². The second-order valence-corrected chi connectivity index (χ2v) is 3.93. The number of nitrogens with zero attached hydrogens (tertiary/aromatic N) is 1. The summed E-state index contributed by atoms with van der Waals surface area (Å²) >= 11 is 0. The average Bonchev–Trinajstić information content (AvgIpc) is 2.45. The third kappa shape index (κ3) is 2.74. The van der Waals surface area contributed by atoms with E-state index in [0.717, 1.165) is 6.20 Å². The number of aromatic nitrogens is 2. The molecular weight excluding hydrogens is 258 g/mol. The second kappa shape index (κ2) is 5.83. The van der Waals surface area contributed by atoms with Gasteiger partial charge in [-0.3, -0.25) is 9.59 Å². The van der Waals surface area contributed by atoms with E-state index >= 15 is 0 Å². The van der Waals surface area contributed by atoms with Crippen molar-refractivity contribution >= 4 is 5.91 Å². The van der Waals surface area contributed by atoms with Crippen molar-refractivity contribution in [2.75, 3.05) is 6.61 Å². The van der Waals surface area contributed by atoms with Crippen LogP contribution in [-0.2, 0) is 0 Å². The molecule has 0 spiro atoms.